The Balaban J connectivity index is 0. The van der Waals surface area contributed by atoms with Crippen molar-refractivity contribution in [2.45, 2.75) is 12.4 Å². The molecule has 5 nitrogen and oxygen atoms in total. The first-order chi connectivity index (χ1) is 6.02. The zero-order chi connectivity index (χ0) is 12.0. The monoisotopic (exact) mass is 236 g/mol. The Morgan fingerprint density at radius 1 is 1.50 bits per heavy atom. The molecular formula is C5H7F3O5S. The minimum Gasteiger partial charge on any atom is -0.435 e. The van der Waals surface area contributed by atoms with E-state index in [9.17, 15) is 18.0 Å². The molecule has 0 spiro atoms. The highest BCUT2D eigenvalue weighted by molar-refractivity contribution is 7.86. The van der Waals surface area contributed by atoms with Crippen molar-refractivity contribution in [2.24, 2.45) is 0 Å². The smallest absolute Gasteiger partial charge is 0.435 e. The Hall–Kier alpha value is -1.09. The summed E-state index contributed by atoms with van der Waals surface area (Å²) in [6, 6.07) is 0. The van der Waals surface area contributed by atoms with E-state index in [4.69, 9.17) is 13.0 Å². The molecule has 0 aromatic rings. The number of ether oxygens (including phenoxy) is 1. The van der Waals surface area contributed by atoms with Crippen LogP contribution < -0.4 is 0 Å². The fourth-order valence-electron chi connectivity index (χ4n) is 0.117. The maximum atomic E-state index is 10.7. The van der Waals surface area contributed by atoms with Crippen molar-refractivity contribution >= 4 is 16.1 Å². The number of alkyl halides is 3. The van der Waals surface area contributed by atoms with Crippen LogP contribution in [-0.2, 0) is 19.6 Å². The first-order valence-corrected chi connectivity index (χ1v) is 4.28. The molecule has 84 valence electrons. The van der Waals surface area contributed by atoms with Crippen molar-refractivity contribution in [2.75, 3.05) is 0 Å². The highest BCUT2D eigenvalue weighted by atomic mass is 32.2. The molecule has 0 aromatic heterocycles. The average Bonchev–Trinajstić information content (AvgIpc) is 1.82. The van der Waals surface area contributed by atoms with Gasteiger partial charge in [-0.3, -0.25) is 9.35 Å². The molecule has 0 bridgehead atoms. The van der Waals surface area contributed by atoms with Crippen molar-refractivity contribution in [1.82, 2.24) is 0 Å². The number of hydrogen-bond acceptors (Lipinski definition) is 4. The van der Waals surface area contributed by atoms with Gasteiger partial charge in [0, 0.05) is 6.92 Å². The number of halogens is 3. The highest BCUT2D eigenvalue weighted by Crippen LogP contribution is 2.20. The Bertz CT molecular complexity index is 291. The van der Waals surface area contributed by atoms with E-state index in [0.29, 0.717) is 0 Å². The first-order valence-electron chi connectivity index (χ1n) is 2.84. The van der Waals surface area contributed by atoms with Gasteiger partial charge < -0.3 is 4.74 Å². The summed E-state index contributed by atoms with van der Waals surface area (Å²) in [4.78, 5) is 9.75. The number of carbonyl (C=O) groups is 1. The van der Waals surface area contributed by atoms with Crippen LogP contribution >= 0.6 is 0 Å². The molecule has 0 unspecified atom stereocenters. The highest BCUT2D eigenvalue weighted by Gasteiger charge is 2.44. The molecule has 9 heteroatoms. The summed E-state index contributed by atoms with van der Waals surface area (Å²) < 4.78 is 61.7. The van der Waals surface area contributed by atoms with E-state index in [1.54, 1.807) is 0 Å². The Kier molecular flexibility index (Phi) is 6.15. The molecule has 0 aliphatic heterocycles. The zero-order valence-corrected chi connectivity index (χ0v) is 7.72. The van der Waals surface area contributed by atoms with Crippen LogP contribution in [0.25, 0.3) is 0 Å². The lowest BCUT2D eigenvalue weighted by atomic mass is 10.8. The number of rotatable bonds is 1. The normalized spacial score (nSPS) is 10.9. The number of esters is 1. The average molecular weight is 236 g/mol. The predicted molar refractivity (Wildman–Crippen MR) is 39.6 cm³/mol. The summed E-state index contributed by atoms with van der Waals surface area (Å²) in [6.45, 7) is 4.48. The Morgan fingerprint density at radius 3 is 1.79 bits per heavy atom. The fourth-order valence-corrected chi connectivity index (χ4v) is 0.117. The molecule has 0 aromatic carbocycles. The zero-order valence-electron chi connectivity index (χ0n) is 6.91. The van der Waals surface area contributed by atoms with Crippen molar-refractivity contribution in [1.29, 1.82) is 0 Å². The molecule has 0 saturated carbocycles. The van der Waals surface area contributed by atoms with E-state index in [2.05, 4.69) is 11.3 Å². The molecule has 0 aliphatic carbocycles. The van der Waals surface area contributed by atoms with Gasteiger partial charge in [0.25, 0.3) is 0 Å². The van der Waals surface area contributed by atoms with Gasteiger partial charge in [-0.25, -0.2) is 0 Å². The van der Waals surface area contributed by atoms with E-state index in [1.165, 1.54) is 6.92 Å². The largest absolute Gasteiger partial charge is 0.522 e. The summed E-state index contributed by atoms with van der Waals surface area (Å²) in [7, 11) is -5.84. The summed E-state index contributed by atoms with van der Waals surface area (Å²) in [6.07, 6.45) is 1.10. The molecule has 0 atom stereocenters. The third-order valence-corrected chi connectivity index (χ3v) is 1.13. The standard InChI is InChI=1S/C4H6O2.CHF3O3S/c1-3-6-4(2)5;2-1(3,4)8(5,6)7/h3H,1H2,2H3;(H,5,6,7). The van der Waals surface area contributed by atoms with Crippen molar-refractivity contribution < 1.29 is 35.7 Å². The maximum Gasteiger partial charge on any atom is 0.522 e. The molecule has 0 rings (SSSR count). The van der Waals surface area contributed by atoms with Gasteiger partial charge in [0.15, 0.2) is 0 Å². The van der Waals surface area contributed by atoms with Crippen LogP contribution in [0.2, 0.25) is 0 Å². The van der Waals surface area contributed by atoms with Crippen LogP contribution in [0.5, 0.6) is 0 Å². The molecule has 0 heterocycles. The molecule has 0 saturated heterocycles. The summed E-state index contributed by atoms with van der Waals surface area (Å²) in [5.41, 5.74) is -5.53. The molecular weight excluding hydrogens is 229 g/mol. The van der Waals surface area contributed by atoms with Gasteiger partial charge >= 0.3 is 21.6 Å². The minimum atomic E-state index is -5.84. The lowest BCUT2D eigenvalue weighted by molar-refractivity contribution is -0.135. The molecule has 1 N–H and O–H groups in total. The first kappa shape index (κ1) is 15.4. The van der Waals surface area contributed by atoms with Crippen LogP contribution in [0, 0.1) is 0 Å². The van der Waals surface area contributed by atoms with Gasteiger partial charge in [-0.2, -0.15) is 21.6 Å². The quantitative estimate of drug-likeness (QED) is 0.319. The van der Waals surface area contributed by atoms with Crippen molar-refractivity contribution in [3.63, 3.8) is 0 Å². The predicted octanol–water partition coefficient (Wildman–Crippen LogP) is 1.09. The summed E-state index contributed by atoms with van der Waals surface area (Å²) >= 11 is 0. The maximum absolute atomic E-state index is 10.7. The van der Waals surface area contributed by atoms with E-state index < -0.39 is 15.6 Å². The van der Waals surface area contributed by atoms with Crippen LogP contribution in [0.3, 0.4) is 0 Å². The second kappa shape index (κ2) is 5.60. The van der Waals surface area contributed by atoms with Gasteiger partial charge in [-0.15, -0.1) is 0 Å². The van der Waals surface area contributed by atoms with Gasteiger partial charge in [0.1, 0.15) is 0 Å². The van der Waals surface area contributed by atoms with Gasteiger partial charge in [-0.1, -0.05) is 6.58 Å². The number of carbonyl (C=O) groups excluding carboxylic acids is 1. The van der Waals surface area contributed by atoms with E-state index in [0.717, 1.165) is 6.26 Å². The summed E-state index contributed by atoms with van der Waals surface area (Å²) in [5.74, 6) is -0.329. The molecule has 0 fully saturated rings. The van der Waals surface area contributed by atoms with Crippen LogP contribution in [-0.4, -0.2) is 24.4 Å². The van der Waals surface area contributed by atoms with Crippen molar-refractivity contribution in [3.05, 3.63) is 12.8 Å². The third kappa shape index (κ3) is 9.00. The van der Waals surface area contributed by atoms with E-state index >= 15 is 0 Å². The van der Waals surface area contributed by atoms with Crippen LogP contribution in [0.4, 0.5) is 13.2 Å². The molecule has 0 aliphatic rings. The van der Waals surface area contributed by atoms with E-state index in [1.807, 2.05) is 0 Å². The lowest BCUT2D eigenvalue weighted by Crippen LogP contribution is -2.21. The van der Waals surface area contributed by atoms with Gasteiger partial charge in [0.05, 0.1) is 6.26 Å². The number of hydrogen-bond donors (Lipinski definition) is 1. The molecule has 0 radical (unpaired) electrons. The van der Waals surface area contributed by atoms with Crippen LogP contribution in [0.1, 0.15) is 6.92 Å². The fraction of sp³-hybridized carbons (Fsp3) is 0.400. The Morgan fingerprint density at radius 2 is 1.79 bits per heavy atom. The lowest BCUT2D eigenvalue weighted by Gasteiger charge is -1.97. The third-order valence-electron chi connectivity index (χ3n) is 0.542. The second-order valence-electron chi connectivity index (χ2n) is 1.70. The van der Waals surface area contributed by atoms with Gasteiger partial charge in [-0.05, 0) is 0 Å². The van der Waals surface area contributed by atoms with Gasteiger partial charge in [0.2, 0.25) is 0 Å². The summed E-state index contributed by atoms with van der Waals surface area (Å²) in [5, 5.41) is 0. The van der Waals surface area contributed by atoms with Crippen LogP contribution in [0.15, 0.2) is 12.8 Å². The van der Waals surface area contributed by atoms with Crippen molar-refractivity contribution in [3.8, 4) is 0 Å². The molecule has 14 heavy (non-hydrogen) atoms. The minimum absolute atomic E-state index is 0.329. The SMILES string of the molecule is C=COC(C)=O.O=S(=O)(O)C(F)(F)F. The second-order valence-corrected chi connectivity index (χ2v) is 3.11. The topological polar surface area (TPSA) is 80.7 Å². The molecule has 0 amide bonds. The Labute approximate surface area is 77.9 Å². The van der Waals surface area contributed by atoms with E-state index in [-0.39, 0.29) is 5.97 Å².